The molecule has 0 radical (unpaired) electrons. The maximum Gasteiger partial charge on any atom is 0.116 e. The molecule has 0 saturated carbocycles. The highest BCUT2D eigenvalue weighted by atomic mass is 79.9. The van der Waals surface area contributed by atoms with Crippen molar-refractivity contribution >= 4 is 15.9 Å². The second-order valence-corrected chi connectivity index (χ2v) is 5.13. The summed E-state index contributed by atoms with van der Waals surface area (Å²) in [5, 5.41) is 0. The van der Waals surface area contributed by atoms with Gasteiger partial charge in [0, 0.05) is 10.9 Å². The van der Waals surface area contributed by atoms with Crippen molar-refractivity contribution < 1.29 is 9.47 Å². The molecule has 1 aromatic carbocycles. The van der Waals surface area contributed by atoms with Crippen LogP contribution >= 0.6 is 15.9 Å². The highest BCUT2D eigenvalue weighted by Crippen LogP contribution is 2.38. The minimum Gasteiger partial charge on any atom is -0.370 e. The lowest BCUT2D eigenvalue weighted by atomic mass is 10.0. The molecule has 0 spiro atoms. The summed E-state index contributed by atoms with van der Waals surface area (Å²) >= 11 is 3.52. The molecular weight excluding hydrogens is 268 g/mol. The Hall–Kier alpha value is -0.640. The second-order valence-electron chi connectivity index (χ2n) is 4.22. The molecule has 3 atom stereocenters. The normalized spacial score (nSPS) is 31.8. The van der Waals surface area contributed by atoms with E-state index in [0.29, 0.717) is 6.61 Å². The lowest BCUT2D eigenvalue weighted by molar-refractivity contribution is 0.00272. The van der Waals surface area contributed by atoms with Crippen molar-refractivity contribution in [3.63, 3.8) is 0 Å². The number of halogens is 1. The number of fused-ring (bicyclic) bond motifs is 2. The molecule has 1 fully saturated rings. The first-order valence-electron chi connectivity index (χ1n) is 5.51. The molecule has 0 N–H and O–H groups in total. The van der Waals surface area contributed by atoms with Crippen LogP contribution < -0.4 is 0 Å². The first-order valence-corrected chi connectivity index (χ1v) is 6.30. The van der Waals surface area contributed by atoms with Gasteiger partial charge in [-0.15, -0.1) is 0 Å². The van der Waals surface area contributed by atoms with E-state index in [1.807, 2.05) is 18.2 Å². The molecule has 2 bridgehead atoms. The van der Waals surface area contributed by atoms with Crippen LogP contribution in [-0.2, 0) is 16.1 Å². The van der Waals surface area contributed by atoms with E-state index in [1.54, 1.807) is 0 Å². The van der Waals surface area contributed by atoms with Crippen molar-refractivity contribution in [2.75, 3.05) is 0 Å². The maximum atomic E-state index is 5.90. The van der Waals surface area contributed by atoms with Gasteiger partial charge >= 0.3 is 0 Å². The van der Waals surface area contributed by atoms with Crippen LogP contribution in [0.2, 0.25) is 0 Å². The molecule has 0 aliphatic carbocycles. The minimum atomic E-state index is 0.119. The summed E-state index contributed by atoms with van der Waals surface area (Å²) in [5.41, 5.74) is 1.21. The summed E-state index contributed by atoms with van der Waals surface area (Å²) < 4.78 is 12.8. The largest absolute Gasteiger partial charge is 0.370 e. The molecule has 16 heavy (non-hydrogen) atoms. The van der Waals surface area contributed by atoms with Crippen LogP contribution in [0.3, 0.4) is 0 Å². The zero-order valence-electron chi connectivity index (χ0n) is 8.80. The van der Waals surface area contributed by atoms with E-state index in [2.05, 4.69) is 34.1 Å². The number of ether oxygens (including phenoxy) is 2. The molecule has 3 rings (SSSR count). The molecule has 0 unspecified atom stereocenters. The van der Waals surface area contributed by atoms with E-state index in [0.717, 1.165) is 10.9 Å². The van der Waals surface area contributed by atoms with Gasteiger partial charge in [0.2, 0.25) is 0 Å². The number of rotatable bonds is 3. The summed E-state index contributed by atoms with van der Waals surface area (Å²) in [7, 11) is 0. The van der Waals surface area contributed by atoms with Gasteiger partial charge in [-0.1, -0.05) is 46.3 Å². The topological polar surface area (TPSA) is 18.5 Å². The van der Waals surface area contributed by atoms with Crippen LogP contribution in [0.1, 0.15) is 12.0 Å². The third-order valence-corrected chi connectivity index (χ3v) is 3.76. The van der Waals surface area contributed by atoms with Crippen LogP contribution in [-0.4, -0.2) is 18.3 Å². The van der Waals surface area contributed by atoms with Crippen molar-refractivity contribution in [2.24, 2.45) is 0 Å². The number of hydrogen-bond donors (Lipinski definition) is 0. The zero-order valence-corrected chi connectivity index (χ0v) is 10.4. The van der Waals surface area contributed by atoms with Gasteiger partial charge in [0.05, 0.1) is 18.8 Å². The third kappa shape index (κ3) is 1.95. The van der Waals surface area contributed by atoms with Crippen LogP contribution in [0.25, 0.3) is 0 Å². The van der Waals surface area contributed by atoms with Gasteiger partial charge in [0.1, 0.15) is 6.10 Å². The van der Waals surface area contributed by atoms with Gasteiger partial charge in [-0.05, 0) is 11.6 Å². The Morgan fingerprint density at radius 2 is 2.12 bits per heavy atom. The average Bonchev–Trinajstić information content (AvgIpc) is 2.86. The third-order valence-electron chi connectivity index (χ3n) is 3.05. The summed E-state index contributed by atoms with van der Waals surface area (Å²) in [4.78, 5) is 0. The standard InChI is InChI=1S/C13H13BrO2/c14-11-6-10-7-12(13(11)16-10)15-8-9-4-2-1-3-5-9/h1-6,10,12-13H,7-8H2/t10-,12+,13+/m1/s1. The highest BCUT2D eigenvalue weighted by molar-refractivity contribution is 9.11. The molecule has 2 aliphatic rings. The molecule has 2 heterocycles. The quantitative estimate of drug-likeness (QED) is 0.848. The highest BCUT2D eigenvalue weighted by Gasteiger charge is 2.41. The monoisotopic (exact) mass is 280 g/mol. The molecule has 1 saturated heterocycles. The first kappa shape index (κ1) is 10.5. The van der Waals surface area contributed by atoms with E-state index in [1.165, 1.54) is 5.56 Å². The van der Waals surface area contributed by atoms with Crippen LogP contribution in [0, 0.1) is 0 Å². The lowest BCUT2D eigenvalue weighted by Crippen LogP contribution is -2.25. The van der Waals surface area contributed by atoms with Gasteiger partial charge in [-0.3, -0.25) is 0 Å². The molecule has 1 aromatic rings. The average molecular weight is 281 g/mol. The smallest absolute Gasteiger partial charge is 0.116 e. The summed E-state index contributed by atoms with van der Waals surface area (Å²) in [6.07, 6.45) is 3.68. The van der Waals surface area contributed by atoms with Crippen LogP contribution in [0.4, 0.5) is 0 Å². The van der Waals surface area contributed by atoms with Gasteiger partial charge in [-0.25, -0.2) is 0 Å². The molecule has 3 heteroatoms. The molecule has 0 aromatic heterocycles. The van der Waals surface area contributed by atoms with Gasteiger partial charge in [0.25, 0.3) is 0 Å². The molecule has 0 amide bonds. The van der Waals surface area contributed by atoms with Gasteiger partial charge < -0.3 is 9.47 Å². The zero-order chi connectivity index (χ0) is 11.0. The van der Waals surface area contributed by atoms with Gasteiger partial charge in [-0.2, -0.15) is 0 Å². The molecule has 84 valence electrons. The van der Waals surface area contributed by atoms with E-state index in [4.69, 9.17) is 9.47 Å². The van der Waals surface area contributed by atoms with E-state index in [-0.39, 0.29) is 18.3 Å². The lowest BCUT2D eigenvalue weighted by Gasteiger charge is -2.18. The molecule has 2 nitrogen and oxygen atoms in total. The Morgan fingerprint density at radius 3 is 2.81 bits per heavy atom. The van der Waals surface area contributed by atoms with Crippen molar-refractivity contribution in [3.05, 3.63) is 46.5 Å². The van der Waals surface area contributed by atoms with Crippen LogP contribution in [0.15, 0.2) is 40.9 Å². The van der Waals surface area contributed by atoms with Crippen molar-refractivity contribution in [3.8, 4) is 0 Å². The first-order chi connectivity index (χ1) is 7.83. The fourth-order valence-electron chi connectivity index (χ4n) is 2.24. The van der Waals surface area contributed by atoms with Crippen molar-refractivity contribution in [2.45, 2.75) is 31.3 Å². The maximum absolute atomic E-state index is 5.90. The van der Waals surface area contributed by atoms with Crippen molar-refractivity contribution in [1.82, 2.24) is 0 Å². The van der Waals surface area contributed by atoms with E-state index >= 15 is 0 Å². The Balaban J connectivity index is 1.60. The Bertz CT molecular complexity index is 402. The second kappa shape index (κ2) is 4.32. The SMILES string of the molecule is BrC1=C[C@@H]2C[C@H](OCc3ccccc3)[C@H]1O2. The Morgan fingerprint density at radius 1 is 1.31 bits per heavy atom. The predicted octanol–water partition coefficient (Wildman–Crippen LogP) is 3.02. The van der Waals surface area contributed by atoms with Crippen molar-refractivity contribution in [1.29, 1.82) is 0 Å². The Labute approximate surface area is 103 Å². The predicted molar refractivity (Wildman–Crippen MR) is 65.3 cm³/mol. The van der Waals surface area contributed by atoms with E-state index < -0.39 is 0 Å². The fraction of sp³-hybridized carbons (Fsp3) is 0.385. The Kier molecular flexibility index (Phi) is 2.84. The molecule has 2 aliphatic heterocycles. The minimum absolute atomic E-state index is 0.119. The summed E-state index contributed by atoms with van der Waals surface area (Å²) in [5.74, 6) is 0. The summed E-state index contributed by atoms with van der Waals surface area (Å²) in [6.45, 7) is 0.665. The fourth-order valence-corrected chi connectivity index (χ4v) is 2.94. The number of benzene rings is 1. The molecular formula is C13H13BrO2. The van der Waals surface area contributed by atoms with Gasteiger partial charge in [0.15, 0.2) is 0 Å². The summed E-state index contributed by atoms with van der Waals surface area (Å²) in [6, 6.07) is 10.2. The number of hydrogen-bond acceptors (Lipinski definition) is 2. The van der Waals surface area contributed by atoms with E-state index in [9.17, 15) is 0 Å². The van der Waals surface area contributed by atoms with Crippen LogP contribution in [0.5, 0.6) is 0 Å².